The smallest absolute Gasteiger partial charge is 0.0588 e. The largest absolute Gasteiger partial charge is 0.380 e. The molecule has 0 unspecified atom stereocenters. The average molecular weight is 165 g/mol. The fourth-order valence-electron chi connectivity index (χ4n) is 0.432. The lowest BCUT2D eigenvalue weighted by Crippen LogP contribution is -2.08. The van der Waals surface area contributed by atoms with Crippen molar-refractivity contribution in [3.05, 3.63) is 0 Å². The van der Waals surface area contributed by atoms with E-state index in [0.717, 1.165) is 13.0 Å². The number of hydrogen-bond acceptors (Lipinski definition) is 2. The highest BCUT2D eigenvalue weighted by molar-refractivity contribution is 4.33. The molecule has 0 aromatic heterocycles. The number of nitrogens with two attached hydrogens (primary N) is 1. The second kappa shape index (κ2) is 22.5. The lowest BCUT2D eigenvalue weighted by Gasteiger charge is -1.97. The molecule has 0 saturated heterocycles. The van der Waals surface area contributed by atoms with Crippen molar-refractivity contribution in [2.75, 3.05) is 19.8 Å². The maximum atomic E-state index is 5.19. The minimum Gasteiger partial charge on any atom is -0.380 e. The highest BCUT2D eigenvalue weighted by Crippen LogP contribution is 1.85. The summed E-state index contributed by atoms with van der Waals surface area (Å²) < 4.78 is 5.10. The van der Waals surface area contributed by atoms with Gasteiger partial charge in [0.1, 0.15) is 0 Å². The first-order valence-electron chi connectivity index (χ1n) is 3.19. The molecule has 0 radical (unpaired) electrons. The van der Waals surface area contributed by atoms with Crippen molar-refractivity contribution in [3.63, 3.8) is 0 Å². The van der Waals surface area contributed by atoms with Gasteiger partial charge in [0.15, 0.2) is 0 Å². The zero-order valence-electron chi connectivity index (χ0n) is 5.52. The lowest BCUT2D eigenvalue weighted by atomic mass is 10.4. The van der Waals surface area contributed by atoms with Gasteiger partial charge in [0.25, 0.3) is 0 Å². The van der Waals surface area contributed by atoms with Gasteiger partial charge in [0, 0.05) is 13.2 Å². The Morgan fingerprint density at radius 1 is 1.09 bits per heavy atom. The summed E-state index contributed by atoms with van der Waals surface area (Å²) in [6.07, 6.45) is 2.35. The molecule has 0 spiro atoms. The summed E-state index contributed by atoms with van der Waals surface area (Å²) in [7, 11) is 0. The molecule has 0 aromatic rings. The van der Waals surface area contributed by atoms with E-state index >= 15 is 0 Å². The SMILES string of the molecule is C.C.C.CCCCOCCN. The van der Waals surface area contributed by atoms with Crippen LogP contribution in [-0.2, 0) is 4.74 Å². The number of unbranched alkanes of at least 4 members (excludes halogenated alkanes) is 1. The fraction of sp³-hybridized carbons (Fsp3) is 1.00. The van der Waals surface area contributed by atoms with Crippen molar-refractivity contribution in [1.82, 2.24) is 0 Å². The van der Waals surface area contributed by atoms with Gasteiger partial charge in [-0.2, -0.15) is 0 Å². The van der Waals surface area contributed by atoms with E-state index in [4.69, 9.17) is 10.5 Å². The molecular formula is C9H27NO. The monoisotopic (exact) mass is 165 g/mol. The summed E-state index contributed by atoms with van der Waals surface area (Å²) in [5.41, 5.74) is 5.19. The van der Waals surface area contributed by atoms with Gasteiger partial charge in [-0.15, -0.1) is 0 Å². The lowest BCUT2D eigenvalue weighted by molar-refractivity contribution is 0.138. The van der Waals surface area contributed by atoms with E-state index in [0.29, 0.717) is 13.2 Å². The Morgan fingerprint density at radius 2 is 1.64 bits per heavy atom. The minimum absolute atomic E-state index is 0. The third-order valence-electron chi connectivity index (χ3n) is 0.904. The summed E-state index contributed by atoms with van der Waals surface area (Å²) in [5, 5.41) is 0. The molecule has 2 nitrogen and oxygen atoms in total. The molecule has 0 rings (SSSR count). The third-order valence-corrected chi connectivity index (χ3v) is 0.904. The van der Waals surface area contributed by atoms with Crippen molar-refractivity contribution in [1.29, 1.82) is 0 Å². The Labute approximate surface area is 73.1 Å². The molecule has 0 heterocycles. The maximum absolute atomic E-state index is 5.19. The predicted octanol–water partition coefficient (Wildman–Crippen LogP) is 2.67. The van der Waals surface area contributed by atoms with Crippen molar-refractivity contribution >= 4 is 0 Å². The van der Waals surface area contributed by atoms with E-state index in [1.165, 1.54) is 6.42 Å². The highest BCUT2D eigenvalue weighted by atomic mass is 16.5. The van der Waals surface area contributed by atoms with Gasteiger partial charge in [-0.3, -0.25) is 0 Å². The Bertz CT molecular complexity index is 34.5. The van der Waals surface area contributed by atoms with Crippen LogP contribution in [0.4, 0.5) is 0 Å². The molecule has 2 heteroatoms. The van der Waals surface area contributed by atoms with Gasteiger partial charge >= 0.3 is 0 Å². The first kappa shape index (κ1) is 22.4. The van der Waals surface area contributed by atoms with Gasteiger partial charge in [-0.05, 0) is 6.42 Å². The quantitative estimate of drug-likeness (QED) is 0.636. The molecule has 0 amide bonds. The van der Waals surface area contributed by atoms with E-state index in [2.05, 4.69) is 6.92 Å². The van der Waals surface area contributed by atoms with E-state index in [1.807, 2.05) is 0 Å². The molecule has 0 atom stereocenters. The summed E-state index contributed by atoms with van der Waals surface area (Å²) in [6, 6.07) is 0. The molecule has 0 aliphatic rings. The van der Waals surface area contributed by atoms with Gasteiger partial charge in [0.2, 0.25) is 0 Å². The van der Waals surface area contributed by atoms with Crippen molar-refractivity contribution < 1.29 is 4.74 Å². The highest BCUT2D eigenvalue weighted by Gasteiger charge is 1.81. The second-order valence-electron chi connectivity index (χ2n) is 1.75. The van der Waals surface area contributed by atoms with Gasteiger partial charge in [-0.25, -0.2) is 0 Å². The van der Waals surface area contributed by atoms with Crippen LogP contribution in [0.2, 0.25) is 0 Å². The molecule has 2 N–H and O–H groups in total. The van der Waals surface area contributed by atoms with E-state index in [1.54, 1.807) is 0 Å². The second-order valence-corrected chi connectivity index (χ2v) is 1.75. The van der Waals surface area contributed by atoms with Crippen LogP contribution in [0.1, 0.15) is 42.0 Å². The van der Waals surface area contributed by atoms with Crippen LogP contribution in [0, 0.1) is 0 Å². The van der Waals surface area contributed by atoms with Crippen LogP contribution in [0.15, 0.2) is 0 Å². The Morgan fingerprint density at radius 3 is 2.00 bits per heavy atom. The summed E-state index contributed by atoms with van der Waals surface area (Å²) in [4.78, 5) is 0. The first-order valence-corrected chi connectivity index (χ1v) is 3.19. The topological polar surface area (TPSA) is 35.2 Å². The van der Waals surface area contributed by atoms with Crippen molar-refractivity contribution in [3.8, 4) is 0 Å². The normalized spacial score (nSPS) is 7.09. The molecule has 11 heavy (non-hydrogen) atoms. The molecule has 0 bridgehead atoms. The summed E-state index contributed by atoms with van der Waals surface area (Å²) in [5.74, 6) is 0. The standard InChI is InChI=1S/C6H15NO.3CH4/c1-2-3-5-8-6-4-7;;;/h2-7H2,1H3;3*1H4. The van der Waals surface area contributed by atoms with Gasteiger partial charge in [-0.1, -0.05) is 35.6 Å². The van der Waals surface area contributed by atoms with E-state index in [-0.39, 0.29) is 22.3 Å². The average Bonchev–Trinajstić information content (AvgIpc) is 1.81. The zero-order valence-corrected chi connectivity index (χ0v) is 5.52. The number of hydrogen-bond donors (Lipinski definition) is 1. The summed E-state index contributed by atoms with van der Waals surface area (Å²) in [6.45, 7) is 4.36. The first-order chi connectivity index (χ1) is 3.91. The van der Waals surface area contributed by atoms with Crippen LogP contribution in [0.25, 0.3) is 0 Å². The Kier molecular flexibility index (Phi) is 45.9. The Balaban J connectivity index is -0.0000000817. The minimum atomic E-state index is 0. The van der Waals surface area contributed by atoms with Gasteiger partial charge < -0.3 is 10.5 Å². The van der Waals surface area contributed by atoms with Gasteiger partial charge in [0.05, 0.1) is 6.61 Å². The summed E-state index contributed by atoms with van der Waals surface area (Å²) >= 11 is 0. The third kappa shape index (κ3) is 25.7. The van der Waals surface area contributed by atoms with Crippen LogP contribution in [0.3, 0.4) is 0 Å². The molecule has 0 saturated carbocycles. The fourth-order valence-corrected chi connectivity index (χ4v) is 0.432. The van der Waals surface area contributed by atoms with Crippen LogP contribution >= 0.6 is 0 Å². The van der Waals surface area contributed by atoms with Crippen LogP contribution in [0.5, 0.6) is 0 Å². The van der Waals surface area contributed by atoms with Crippen LogP contribution in [-0.4, -0.2) is 19.8 Å². The zero-order chi connectivity index (χ0) is 6.24. The maximum Gasteiger partial charge on any atom is 0.0588 e. The van der Waals surface area contributed by atoms with Crippen molar-refractivity contribution in [2.24, 2.45) is 5.73 Å². The molecule has 0 aromatic carbocycles. The molecule has 0 aliphatic heterocycles. The molecule has 74 valence electrons. The number of ether oxygens (including phenoxy) is 1. The molecular weight excluding hydrogens is 138 g/mol. The van der Waals surface area contributed by atoms with E-state index < -0.39 is 0 Å². The Hall–Kier alpha value is -0.0800. The molecule has 0 fully saturated rings. The predicted molar refractivity (Wildman–Crippen MR) is 55.0 cm³/mol. The molecule has 0 aliphatic carbocycles. The number of rotatable bonds is 5. The van der Waals surface area contributed by atoms with Crippen LogP contribution < -0.4 is 5.73 Å². The van der Waals surface area contributed by atoms with Crippen molar-refractivity contribution in [2.45, 2.75) is 42.0 Å². The van der Waals surface area contributed by atoms with E-state index in [9.17, 15) is 0 Å².